The summed E-state index contributed by atoms with van der Waals surface area (Å²) >= 11 is 0. The second-order valence-electron chi connectivity index (χ2n) is 13.3. The highest BCUT2D eigenvalue weighted by Gasteiger charge is 2.45. The lowest BCUT2D eigenvalue weighted by Gasteiger charge is -2.39. The van der Waals surface area contributed by atoms with E-state index in [-0.39, 0.29) is 43.2 Å². The first kappa shape index (κ1) is 37.5. The van der Waals surface area contributed by atoms with E-state index in [1.54, 1.807) is 24.8 Å². The van der Waals surface area contributed by atoms with E-state index in [2.05, 4.69) is 20.4 Å². The molecule has 1 aromatic heterocycles. The molecular weight excluding hydrogens is 626 g/mol. The maximum Gasteiger partial charge on any atom is 0.247 e. The number of piperazine rings is 1. The Morgan fingerprint density at radius 1 is 1.10 bits per heavy atom. The van der Waals surface area contributed by atoms with E-state index >= 15 is 0 Å². The van der Waals surface area contributed by atoms with E-state index in [0.29, 0.717) is 44.9 Å². The Morgan fingerprint density at radius 2 is 1.81 bits per heavy atom. The van der Waals surface area contributed by atoms with Crippen LogP contribution in [0.3, 0.4) is 0 Å². The van der Waals surface area contributed by atoms with Gasteiger partial charge in [-0.05, 0) is 49.9 Å². The van der Waals surface area contributed by atoms with E-state index in [4.69, 9.17) is 19.3 Å². The number of carbonyl (C=O) groups is 2. The highest BCUT2D eigenvalue weighted by molar-refractivity contribution is 5.90. The highest BCUT2D eigenvalue weighted by atomic mass is 16.7. The summed E-state index contributed by atoms with van der Waals surface area (Å²) in [5.41, 5.74) is 2.32. The molecule has 2 fully saturated rings. The summed E-state index contributed by atoms with van der Waals surface area (Å²) in [6, 6.07) is 5.57. The van der Waals surface area contributed by atoms with Crippen LogP contribution in [0.15, 0.2) is 18.2 Å². The van der Waals surface area contributed by atoms with Crippen molar-refractivity contribution in [3.05, 3.63) is 40.6 Å². The quantitative estimate of drug-likeness (QED) is 0.134. The number of aromatic amines is 1. The van der Waals surface area contributed by atoms with Crippen LogP contribution in [-0.4, -0.2) is 146 Å². The summed E-state index contributed by atoms with van der Waals surface area (Å²) in [6.07, 6.45) is -6.65. The summed E-state index contributed by atoms with van der Waals surface area (Å²) in [7, 11) is 0. The van der Waals surface area contributed by atoms with Crippen molar-refractivity contribution in [1.82, 2.24) is 25.3 Å². The van der Waals surface area contributed by atoms with E-state index in [9.17, 15) is 30.0 Å². The smallest absolute Gasteiger partial charge is 0.247 e. The minimum atomic E-state index is -1.58. The molecule has 2 aliphatic rings. The van der Waals surface area contributed by atoms with Crippen LogP contribution >= 0.6 is 0 Å². The number of hydrogen-bond acceptors (Lipinski definition) is 12. The van der Waals surface area contributed by atoms with Gasteiger partial charge in [0.1, 0.15) is 35.7 Å². The van der Waals surface area contributed by atoms with Gasteiger partial charge in [0.15, 0.2) is 0 Å². The van der Waals surface area contributed by atoms with Gasteiger partial charge in [-0.15, -0.1) is 5.10 Å². The number of nitrogens with one attached hydrogen (secondary N) is 2. The first-order chi connectivity index (χ1) is 22.7. The number of amides is 2. The summed E-state index contributed by atoms with van der Waals surface area (Å²) in [5, 5.41) is 59.6. The first-order valence-corrected chi connectivity index (χ1v) is 16.5. The van der Waals surface area contributed by atoms with Crippen molar-refractivity contribution in [3.63, 3.8) is 0 Å². The molecule has 7 N–H and O–H groups in total. The molecule has 268 valence electrons. The Labute approximate surface area is 280 Å². The number of aliphatic hydroxyl groups is 5. The van der Waals surface area contributed by atoms with Gasteiger partial charge in [-0.3, -0.25) is 19.6 Å². The molecule has 4 rings (SSSR count). The third kappa shape index (κ3) is 9.02. The molecule has 0 aliphatic carbocycles. The van der Waals surface area contributed by atoms with Gasteiger partial charge in [-0.25, -0.2) is 0 Å². The molecular formula is C33H51N5O10. The van der Waals surface area contributed by atoms with Crippen LogP contribution < -0.4 is 14.8 Å². The van der Waals surface area contributed by atoms with Gasteiger partial charge in [0.05, 0.1) is 26.2 Å². The van der Waals surface area contributed by atoms with E-state index < -0.39 is 42.9 Å². The molecule has 2 aromatic rings. The zero-order chi connectivity index (χ0) is 35.2. The molecule has 3 heterocycles. The normalized spacial score (nSPS) is 23.7. The Balaban J connectivity index is 1.33. The predicted octanol–water partition coefficient (Wildman–Crippen LogP) is -0.589. The molecule has 0 saturated carbocycles. The standard InChI is InChI=1S/C33H51N5O10/c1-19(2)26-23(30(36-35-26)48-31-29(44)28(43)27(42)24(18-40)47-31)17-21-6-7-22(16-20(21)3)46-15-8-25(41)34-33(4,5)32(45)38-11-9-37(10-12-38)13-14-39/h6-7,16,19,24,27-29,31,39-40,42-44H,8-15,17-18H2,1-5H3,(H,34,41)(H,35,36)/t24-,27-,28+,29-,31?/m1/s1. The lowest BCUT2D eigenvalue weighted by molar-refractivity contribution is -0.278. The number of aryl methyl sites for hydroxylation is 1. The van der Waals surface area contributed by atoms with E-state index in [0.717, 1.165) is 22.4 Å². The molecule has 0 bridgehead atoms. The maximum absolute atomic E-state index is 13.1. The topological polar surface area (TPSA) is 210 Å². The number of ether oxygens (including phenoxy) is 3. The average molecular weight is 678 g/mol. The number of carbonyl (C=O) groups excluding carboxylic acids is 2. The van der Waals surface area contributed by atoms with Gasteiger partial charge < -0.3 is 50.0 Å². The van der Waals surface area contributed by atoms with Crippen molar-refractivity contribution in [2.45, 2.75) is 89.6 Å². The Hall–Kier alpha value is -3.31. The number of hydrogen-bond donors (Lipinski definition) is 7. The third-order valence-electron chi connectivity index (χ3n) is 8.86. The molecule has 1 aromatic carbocycles. The molecule has 15 nitrogen and oxygen atoms in total. The molecule has 0 spiro atoms. The zero-order valence-electron chi connectivity index (χ0n) is 28.4. The molecule has 0 radical (unpaired) electrons. The maximum atomic E-state index is 13.1. The van der Waals surface area contributed by atoms with Crippen molar-refractivity contribution in [3.8, 4) is 11.6 Å². The fourth-order valence-electron chi connectivity index (χ4n) is 5.97. The molecule has 1 unspecified atom stereocenters. The van der Waals surface area contributed by atoms with Gasteiger partial charge in [-0.1, -0.05) is 19.9 Å². The molecule has 2 amide bonds. The van der Waals surface area contributed by atoms with Crippen LogP contribution in [0, 0.1) is 6.92 Å². The van der Waals surface area contributed by atoms with Crippen molar-refractivity contribution in [2.75, 3.05) is 52.5 Å². The van der Waals surface area contributed by atoms with Crippen LogP contribution in [0.5, 0.6) is 11.6 Å². The zero-order valence-corrected chi connectivity index (χ0v) is 28.4. The SMILES string of the molecule is Cc1cc(OCCC(=O)NC(C)(C)C(=O)N2CCN(CCO)CC2)ccc1Cc1c(OC2O[C@H](CO)[C@@H](O)[C@H](O)[C@H]2O)n[nH]c1C(C)C. The van der Waals surface area contributed by atoms with Crippen molar-refractivity contribution in [1.29, 1.82) is 0 Å². The molecule has 15 heteroatoms. The van der Waals surface area contributed by atoms with Crippen molar-refractivity contribution in [2.24, 2.45) is 0 Å². The predicted molar refractivity (Wildman–Crippen MR) is 173 cm³/mol. The Bertz CT molecular complexity index is 1370. The van der Waals surface area contributed by atoms with Crippen LogP contribution in [0.2, 0.25) is 0 Å². The number of aromatic nitrogens is 2. The van der Waals surface area contributed by atoms with Gasteiger partial charge in [0.2, 0.25) is 24.0 Å². The molecule has 2 saturated heterocycles. The highest BCUT2D eigenvalue weighted by Crippen LogP contribution is 2.32. The molecule has 48 heavy (non-hydrogen) atoms. The minimum absolute atomic E-state index is 0.0519. The van der Waals surface area contributed by atoms with Gasteiger partial charge in [0, 0.05) is 50.4 Å². The summed E-state index contributed by atoms with van der Waals surface area (Å²) in [5.74, 6) is 0.352. The van der Waals surface area contributed by atoms with E-state index in [1.807, 2.05) is 32.9 Å². The second-order valence-corrected chi connectivity index (χ2v) is 13.3. The number of rotatable bonds is 14. The Morgan fingerprint density at radius 3 is 2.44 bits per heavy atom. The van der Waals surface area contributed by atoms with Crippen LogP contribution in [0.1, 0.15) is 62.4 Å². The lowest BCUT2D eigenvalue weighted by Crippen LogP contribution is -2.60. The lowest BCUT2D eigenvalue weighted by atomic mass is 9.96. The number of benzene rings is 1. The van der Waals surface area contributed by atoms with Gasteiger partial charge in [-0.2, -0.15) is 0 Å². The van der Waals surface area contributed by atoms with Crippen molar-refractivity contribution >= 4 is 11.8 Å². The number of nitrogens with zero attached hydrogens (tertiary/aromatic N) is 3. The van der Waals surface area contributed by atoms with Gasteiger partial charge >= 0.3 is 0 Å². The average Bonchev–Trinajstić information content (AvgIpc) is 3.44. The number of aliphatic hydroxyl groups excluding tert-OH is 5. The van der Waals surface area contributed by atoms with Crippen LogP contribution in [0.4, 0.5) is 0 Å². The third-order valence-corrected chi connectivity index (χ3v) is 8.86. The van der Waals surface area contributed by atoms with Crippen LogP contribution in [-0.2, 0) is 20.7 Å². The molecule has 5 atom stereocenters. The first-order valence-electron chi connectivity index (χ1n) is 16.5. The summed E-state index contributed by atoms with van der Waals surface area (Å²) in [6.45, 7) is 12.0. The van der Waals surface area contributed by atoms with E-state index in [1.165, 1.54) is 0 Å². The largest absolute Gasteiger partial charge is 0.493 e. The monoisotopic (exact) mass is 677 g/mol. The fraction of sp³-hybridized carbons (Fsp3) is 0.667. The van der Waals surface area contributed by atoms with Crippen LogP contribution in [0.25, 0.3) is 0 Å². The van der Waals surface area contributed by atoms with Crippen molar-refractivity contribution < 1.29 is 49.3 Å². The number of β-amino-alcohol motifs (C(OH)–C–C–N with tert-alkyl or cyclic N) is 1. The Kier molecular flexibility index (Phi) is 12.8. The summed E-state index contributed by atoms with van der Waals surface area (Å²) < 4.78 is 17.3. The minimum Gasteiger partial charge on any atom is -0.493 e. The molecule has 2 aliphatic heterocycles. The summed E-state index contributed by atoms with van der Waals surface area (Å²) in [4.78, 5) is 29.7. The van der Waals surface area contributed by atoms with Gasteiger partial charge in [0.25, 0.3) is 0 Å². The second kappa shape index (κ2) is 16.4. The fourth-order valence-corrected chi connectivity index (χ4v) is 5.97. The number of H-pyrrole nitrogens is 1.